The zero-order valence-corrected chi connectivity index (χ0v) is 11.6. The monoisotopic (exact) mass is 301 g/mol. The van der Waals surface area contributed by atoms with Crippen molar-refractivity contribution in [2.75, 3.05) is 4.90 Å². The van der Waals surface area contributed by atoms with Gasteiger partial charge in [-0.25, -0.2) is 0 Å². The predicted octanol–water partition coefficient (Wildman–Crippen LogP) is 3.98. The van der Waals surface area contributed by atoms with Gasteiger partial charge in [0.15, 0.2) is 0 Å². The summed E-state index contributed by atoms with van der Waals surface area (Å²) in [6.07, 6.45) is 0.492. The highest BCUT2D eigenvalue weighted by Crippen LogP contribution is 2.37. The quantitative estimate of drug-likeness (QED) is 0.780. The molecule has 0 bridgehead atoms. The molecule has 0 saturated carbocycles. The van der Waals surface area contributed by atoms with E-state index < -0.39 is 0 Å². The smallest absolute Gasteiger partial charge is 0.236 e. The first-order valence-corrected chi connectivity index (χ1v) is 6.63. The van der Waals surface area contributed by atoms with Crippen molar-refractivity contribution in [1.82, 2.24) is 0 Å². The SMILES string of the molecule is Cc1cc(Br)ccc1N1C(=O)Cc2ccccc21. The molecule has 18 heavy (non-hydrogen) atoms. The third-order valence-corrected chi connectivity index (χ3v) is 3.72. The summed E-state index contributed by atoms with van der Waals surface area (Å²) in [7, 11) is 0. The maximum atomic E-state index is 12.2. The number of rotatable bonds is 1. The van der Waals surface area contributed by atoms with Crippen molar-refractivity contribution >= 4 is 33.2 Å². The molecule has 3 heteroatoms. The minimum absolute atomic E-state index is 0.140. The van der Waals surface area contributed by atoms with Gasteiger partial charge in [-0.15, -0.1) is 0 Å². The molecule has 1 heterocycles. The highest BCUT2D eigenvalue weighted by atomic mass is 79.9. The summed E-state index contributed by atoms with van der Waals surface area (Å²) < 4.78 is 1.03. The van der Waals surface area contributed by atoms with E-state index in [1.807, 2.05) is 54.3 Å². The maximum Gasteiger partial charge on any atom is 0.236 e. The molecule has 0 atom stereocenters. The third kappa shape index (κ3) is 1.75. The number of benzene rings is 2. The average molecular weight is 302 g/mol. The van der Waals surface area contributed by atoms with Crippen molar-refractivity contribution in [2.45, 2.75) is 13.3 Å². The zero-order chi connectivity index (χ0) is 12.7. The van der Waals surface area contributed by atoms with Crippen LogP contribution < -0.4 is 4.90 Å². The fraction of sp³-hybridized carbons (Fsp3) is 0.133. The van der Waals surface area contributed by atoms with Crippen molar-refractivity contribution in [2.24, 2.45) is 0 Å². The van der Waals surface area contributed by atoms with Gasteiger partial charge in [0.25, 0.3) is 0 Å². The summed E-state index contributed by atoms with van der Waals surface area (Å²) in [6, 6.07) is 13.9. The van der Waals surface area contributed by atoms with Gasteiger partial charge in [0.2, 0.25) is 5.91 Å². The lowest BCUT2D eigenvalue weighted by atomic mass is 10.1. The van der Waals surface area contributed by atoms with Crippen molar-refractivity contribution in [3.63, 3.8) is 0 Å². The molecule has 0 N–H and O–H groups in total. The highest BCUT2D eigenvalue weighted by molar-refractivity contribution is 9.10. The number of aryl methyl sites for hydroxylation is 1. The van der Waals surface area contributed by atoms with E-state index in [9.17, 15) is 4.79 Å². The van der Waals surface area contributed by atoms with Gasteiger partial charge in [-0.2, -0.15) is 0 Å². The Morgan fingerprint density at radius 2 is 1.89 bits per heavy atom. The van der Waals surface area contributed by atoms with Gasteiger partial charge >= 0.3 is 0 Å². The van der Waals surface area contributed by atoms with Gasteiger partial charge in [0.1, 0.15) is 0 Å². The average Bonchev–Trinajstić information content (AvgIpc) is 2.66. The van der Waals surface area contributed by atoms with Crippen LogP contribution in [0.4, 0.5) is 11.4 Å². The van der Waals surface area contributed by atoms with Crippen LogP contribution >= 0.6 is 15.9 Å². The molecular weight excluding hydrogens is 290 g/mol. The Kier molecular flexibility index (Phi) is 2.71. The Labute approximate surface area is 114 Å². The maximum absolute atomic E-state index is 12.2. The van der Waals surface area contributed by atoms with Crippen molar-refractivity contribution in [3.8, 4) is 0 Å². The van der Waals surface area contributed by atoms with Gasteiger partial charge in [-0.05, 0) is 42.3 Å². The number of halogens is 1. The number of amides is 1. The molecule has 0 unspecified atom stereocenters. The van der Waals surface area contributed by atoms with E-state index in [0.717, 1.165) is 27.0 Å². The lowest BCUT2D eigenvalue weighted by molar-refractivity contribution is -0.116. The zero-order valence-electron chi connectivity index (χ0n) is 9.98. The van der Waals surface area contributed by atoms with E-state index in [1.165, 1.54) is 0 Å². The fourth-order valence-corrected chi connectivity index (χ4v) is 2.86. The largest absolute Gasteiger partial charge is 0.280 e. The minimum atomic E-state index is 0.140. The van der Waals surface area contributed by atoms with Gasteiger partial charge < -0.3 is 0 Å². The lowest BCUT2D eigenvalue weighted by Crippen LogP contribution is -2.21. The molecule has 0 radical (unpaired) electrons. The van der Waals surface area contributed by atoms with Gasteiger partial charge in [-0.1, -0.05) is 34.1 Å². The van der Waals surface area contributed by atoms with E-state index in [4.69, 9.17) is 0 Å². The molecular formula is C15H12BrNO. The van der Waals surface area contributed by atoms with Crippen LogP contribution in [-0.4, -0.2) is 5.91 Å². The number of hydrogen-bond donors (Lipinski definition) is 0. The van der Waals surface area contributed by atoms with E-state index >= 15 is 0 Å². The molecule has 0 fully saturated rings. The summed E-state index contributed by atoms with van der Waals surface area (Å²) in [5, 5.41) is 0. The standard InChI is InChI=1S/C15H12BrNO/c1-10-8-12(16)6-7-13(10)17-14-5-3-2-4-11(14)9-15(17)18/h2-8H,9H2,1H3. The number of fused-ring (bicyclic) bond motifs is 1. The van der Waals surface area contributed by atoms with Gasteiger partial charge in [0, 0.05) is 4.47 Å². The Hall–Kier alpha value is -1.61. The topological polar surface area (TPSA) is 20.3 Å². The van der Waals surface area contributed by atoms with E-state index in [-0.39, 0.29) is 5.91 Å². The van der Waals surface area contributed by atoms with E-state index in [0.29, 0.717) is 6.42 Å². The lowest BCUT2D eigenvalue weighted by Gasteiger charge is -2.20. The molecule has 2 aromatic carbocycles. The van der Waals surface area contributed by atoms with Crippen molar-refractivity contribution in [3.05, 3.63) is 58.1 Å². The molecule has 0 aromatic heterocycles. The predicted molar refractivity (Wildman–Crippen MR) is 76.2 cm³/mol. The number of carbonyl (C=O) groups is 1. The first kappa shape index (κ1) is 11.5. The Bertz CT molecular complexity index is 636. The molecule has 1 aliphatic heterocycles. The van der Waals surface area contributed by atoms with E-state index in [2.05, 4.69) is 15.9 Å². The van der Waals surface area contributed by atoms with Crippen LogP contribution in [0.2, 0.25) is 0 Å². The molecule has 90 valence electrons. The third-order valence-electron chi connectivity index (χ3n) is 3.22. The van der Waals surface area contributed by atoms with E-state index in [1.54, 1.807) is 0 Å². The Morgan fingerprint density at radius 1 is 1.11 bits per heavy atom. The van der Waals surface area contributed by atoms with Crippen LogP contribution in [0.1, 0.15) is 11.1 Å². The van der Waals surface area contributed by atoms with Crippen LogP contribution in [0.3, 0.4) is 0 Å². The van der Waals surface area contributed by atoms with Crippen LogP contribution in [-0.2, 0) is 11.2 Å². The summed E-state index contributed by atoms with van der Waals surface area (Å²) in [4.78, 5) is 14.0. The van der Waals surface area contributed by atoms with Crippen LogP contribution in [0.5, 0.6) is 0 Å². The summed E-state index contributed by atoms with van der Waals surface area (Å²) in [5.41, 5.74) is 4.17. The molecule has 0 spiro atoms. The van der Waals surface area contributed by atoms with Crippen LogP contribution in [0.25, 0.3) is 0 Å². The second kappa shape index (κ2) is 4.25. The molecule has 0 aliphatic carbocycles. The second-order valence-electron chi connectivity index (χ2n) is 4.47. The van der Waals surface area contributed by atoms with Gasteiger partial charge in [0.05, 0.1) is 17.8 Å². The Morgan fingerprint density at radius 3 is 2.67 bits per heavy atom. The molecule has 1 aliphatic rings. The number of nitrogens with zero attached hydrogens (tertiary/aromatic N) is 1. The van der Waals surface area contributed by atoms with Crippen LogP contribution in [0.15, 0.2) is 46.9 Å². The summed E-state index contributed by atoms with van der Waals surface area (Å²) >= 11 is 3.45. The van der Waals surface area contributed by atoms with Crippen LogP contribution in [0, 0.1) is 6.92 Å². The second-order valence-corrected chi connectivity index (χ2v) is 5.38. The van der Waals surface area contributed by atoms with Crippen molar-refractivity contribution in [1.29, 1.82) is 0 Å². The van der Waals surface area contributed by atoms with Gasteiger partial charge in [-0.3, -0.25) is 9.69 Å². The molecule has 2 nitrogen and oxygen atoms in total. The molecule has 1 amide bonds. The first-order chi connectivity index (χ1) is 8.66. The molecule has 0 saturated heterocycles. The fourth-order valence-electron chi connectivity index (χ4n) is 2.39. The summed E-state index contributed by atoms with van der Waals surface area (Å²) in [6.45, 7) is 2.02. The highest BCUT2D eigenvalue weighted by Gasteiger charge is 2.28. The molecule has 3 rings (SSSR count). The van der Waals surface area contributed by atoms with Crippen molar-refractivity contribution < 1.29 is 4.79 Å². The Balaban J connectivity index is 2.15. The molecule has 2 aromatic rings. The number of hydrogen-bond acceptors (Lipinski definition) is 1. The first-order valence-electron chi connectivity index (χ1n) is 5.84. The summed E-state index contributed by atoms with van der Waals surface area (Å²) in [5.74, 6) is 0.140. The normalized spacial score (nSPS) is 13.9. The number of carbonyl (C=O) groups excluding carboxylic acids is 1. The minimum Gasteiger partial charge on any atom is -0.280 e. The number of para-hydroxylation sites is 1. The number of anilines is 2.